The summed E-state index contributed by atoms with van der Waals surface area (Å²) in [6.07, 6.45) is 0. The number of nitrogens with one attached hydrogen (secondary N) is 1. The number of fused-ring (bicyclic) bond motifs is 2. The highest BCUT2D eigenvalue weighted by atomic mass is 35.5. The molecule has 5 rings (SSSR count). The second kappa shape index (κ2) is 9.18. The third-order valence-corrected chi connectivity index (χ3v) is 8.80. The third kappa shape index (κ3) is 4.26. The van der Waals surface area contributed by atoms with Crippen LogP contribution < -0.4 is 9.61 Å². The number of aromatic amines is 1. The average Bonchev–Trinajstić information content (AvgIpc) is 3.29. The zero-order chi connectivity index (χ0) is 24.9. The first-order valence-electron chi connectivity index (χ1n) is 10.7. The molecule has 2 N–H and O–H groups in total. The number of imide groups is 1. The van der Waals surface area contributed by atoms with Crippen molar-refractivity contribution in [2.45, 2.75) is 29.7 Å². The van der Waals surface area contributed by atoms with Crippen molar-refractivity contribution in [3.05, 3.63) is 78.7 Å². The van der Waals surface area contributed by atoms with E-state index in [1.165, 1.54) is 0 Å². The number of halogens is 1. The van der Waals surface area contributed by atoms with E-state index < -0.39 is 41.4 Å². The largest absolute Gasteiger partial charge is 0.489 e. The van der Waals surface area contributed by atoms with Gasteiger partial charge in [-0.05, 0) is 36.2 Å². The molecule has 2 amide bonds. The second-order valence-corrected chi connectivity index (χ2v) is 10.9. The average molecular weight is 531 g/mol. The van der Waals surface area contributed by atoms with Crippen LogP contribution in [-0.4, -0.2) is 44.6 Å². The van der Waals surface area contributed by atoms with Crippen LogP contribution in [0.4, 0.5) is 0 Å². The second-order valence-electron chi connectivity index (χ2n) is 8.30. The fourth-order valence-corrected chi connectivity index (χ4v) is 7.23. The number of thiazole rings is 1. The van der Waals surface area contributed by atoms with Gasteiger partial charge in [-0.25, -0.2) is 0 Å². The van der Waals surface area contributed by atoms with Gasteiger partial charge in [0.2, 0.25) is 11.8 Å². The fraction of sp³-hybridized carbons (Fsp3) is 0.250. The lowest BCUT2D eigenvalue weighted by Gasteiger charge is -2.31. The zero-order valence-corrected chi connectivity index (χ0v) is 20.7. The van der Waals surface area contributed by atoms with Crippen LogP contribution >= 0.6 is 34.7 Å². The summed E-state index contributed by atoms with van der Waals surface area (Å²) in [4.78, 5) is 53.8. The van der Waals surface area contributed by atoms with Gasteiger partial charge in [0, 0.05) is 21.4 Å². The smallest absolute Gasteiger partial charge is 0.323 e. The van der Waals surface area contributed by atoms with Crippen molar-refractivity contribution in [3.63, 3.8) is 0 Å². The Morgan fingerprint density at radius 3 is 2.69 bits per heavy atom. The molecule has 1 fully saturated rings. The summed E-state index contributed by atoms with van der Waals surface area (Å²) in [6, 6.07) is 12.8. The molecule has 0 saturated carbocycles. The Kier molecular flexibility index (Phi) is 6.20. The van der Waals surface area contributed by atoms with Gasteiger partial charge in [-0.15, -0.1) is 0 Å². The summed E-state index contributed by atoms with van der Waals surface area (Å²) in [7, 11) is 0. The van der Waals surface area contributed by atoms with Crippen LogP contribution in [0.3, 0.4) is 0 Å². The number of carboxylic acid groups (broad SMARTS) is 1. The molecule has 1 saturated heterocycles. The SMILES string of the molecule is Cc1ccccc1COc1ccc(Cl)cc1[C@@H]1c2sc(=O)[nH]c2S[C@@H]2C(=O)N(CC(=O)O)C(=O)[C@H]12. The Morgan fingerprint density at radius 2 is 1.94 bits per heavy atom. The van der Waals surface area contributed by atoms with Gasteiger partial charge < -0.3 is 14.8 Å². The van der Waals surface area contributed by atoms with Crippen LogP contribution in [0.25, 0.3) is 0 Å². The van der Waals surface area contributed by atoms with E-state index in [0.29, 0.717) is 26.2 Å². The van der Waals surface area contributed by atoms with Gasteiger partial charge >= 0.3 is 10.8 Å². The molecule has 2 aliphatic heterocycles. The number of thioether (sulfide) groups is 1. The predicted octanol–water partition coefficient (Wildman–Crippen LogP) is 3.65. The Hall–Kier alpha value is -3.08. The molecule has 3 heterocycles. The monoisotopic (exact) mass is 530 g/mol. The minimum Gasteiger partial charge on any atom is -0.489 e. The highest BCUT2D eigenvalue weighted by molar-refractivity contribution is 8.00. The summed E-state index contributed by atoms with van der Waals surface area (Å²) in [5.74, 6) is -3.58. The van der Waals surface area contributed by atoms with Gasteiger partial charge in [-0.2, -0.15) is 0 Å². The number of likely N-dealkylation sites (tertiary alicyclic amines) is 1. The summed E-state index contributed by atoms with van der Waals surface area (Å²) >= 11 is 8.40. The lowest BCUT2D eigenvalue weighted by atomic mass is 9.82. The number of hydrogen-bond acceptors (Lipinski definition) is 7. The number of carbonyl (C=O) groups is 3. The summed E-state index contributed by atoms with van der Waals surface area (Å²) in [6.45, 7) is 1.53. The van der Waals surface area contributed by atoms with E-state index in [2.05, 4.69) is 4.98 Å². The van der Waals surface area contributed by atoms with Crippen LogP contribution in [0.1, 0.15) is 27.5 Å². The van der Waals surface area contributed by atoms with Crippen molar-refractivity contribution in [1.82, 2.24) is 9.88 Å². The van der Waals surface area contributed by atoms with Crippen molar-refractivity contribution in [2.24, 2.45) is 5.92 Å². The number of aryl methyl sites for hydroxylation is 1. The van der Waals surface area contributed by atoms with Gasteiger partial charge in [0.05, 0.1) is 10.9 Å². The molecule has 2 aliphatic rings. The van der Waals surface area contributed by atoms with E-state index in [1.807, 2.05) is 31.2 Å². The maximum absolute atomic E-state index is 13.4. The lowest BCUT2D eigenvalue weighted by molar-refractivity contribution is -0.149. The topological polar surface area (TPSA) is 117 Å². The molecule has 0 radical (unpaired) electrons. The Morgan fingerprint density at radius 1 is 1.17 bits per heavy atom. The molecule has 0 bridgehead atoms. The van der Waals surface area contributed by atoms with E-state index in [0.717, 1.165) is 39.1 Å². The molecular weight excluding hydrogens is 512 g/mol. The number of hydrogen-bond donors (Lipinski definition) is 2. The third-order valence-electron chi connectivity index (χ3n) is 6.16. The molecule has 35 heavy (non-hydrogen) atoms. The number of carbonyl (C=O) groups excluding carboxylic acids is 2. The standard InChI is InChI=1S/C24H19ClN2O6S2/c1-11-4-2-3-5-12(11)10-33-15-7-6-13(25)8-14(15)17-18-20(34-21-19(17)35-24(32)26-21)23(31)27(22(18)30)9-16(28)29/h2-8,17-18,20H,9-10H2,1H3,(H,26,32)(H,28,29)/t17-,18+,20-/m0/s1. The van der Waals surface area contributed by atoms with Crippen molar-refractivity contribution in [3.8, 4) is 5.75 Å². The lowest BCUT2D eigenvalue weighted by Crippen LogP contribution is -2.36. The molecule has 3 atom stereocenters. The first kappa shape index (κ1) is 23.7. The van der Waals surface area contributed by atoms with Gasteiger partial charge in [0.25, 0.3) is 0 Å². The van der Waals surface area contributed by atoms with Crippen molar-refractivity contribution in [1.29, 1.82) is 0 Å². The van der Waals surface area contributed by atoms with Crippen molar-refractivity contribution in [2.75, 3.05) is 6.54 Å². The normalized spacial score (nSPS) is 21.1. The maximum Gasteiger partial charge on any atom is 0.323 e. The number of nitrogens with zero attached hydrogens (tertiary/aromatic N) is 1. The molecule has 1 aromatic heterocycles. The van der Waals surface area contributed by atoms with Crippen molar-refractivity contribution >= 4 is 52.5 Å². The molecule has 2 aromatic carbocycles. The molecule has 0 spiro atoms. The Labute approximate surface area is 212 Å². The Bertz CT molecular complexity index is 1420. The van der Waals surface area contributed by atoms with Gasteiger partial charge in [-0.1, -0.05) is 59.0 Å². The van der Waals surface area contributed by atoms with E-state index in [-0.39, 0.29) is 11.5 Å². The molecule has 11 heteroatoms. The maximum atomic E-state index is 13.4. The van der Waals surface area contributed by atoms with Gasteiger partial charge in [0.1, 0.15) is 24.2 Å². The summed E-state index contributed by atoms with van der Waals surface area (Å²) < 4.78 is 6.18. The fourth-order valence-electron chi connectivity index (χ4n) is 4.52. The molecule has 180 valence electrons. The number of amides is 2. The number of carboxylic acids is 1. The first-order valence-corrected chi connectivity index (χ1v) is 12.8. The van der Waals surface area contributed by atoms with E-state index >= 15 is 0 Å². The van der Waals surface area contributed by atoms with E-state index in [9.17, 15) is 24.3 Å². The number of aromatic nitrogens is 1. The number of rotatable bonds is 6. The number of ether oxygens (including phenoxy) is 1. The summed E-state index contributed by atoms with van der Waals surface area (Å²) in [5.41, 5.74) is 2.61. The minimum absolute atomic E-state index is 0.269. The zero-order valence-electron chi connectivity index (χ0n) is 18.3. The number of H-pyrrole nitrogens is 1. The molecule has 3 aromatic rings. The Balaban J connectivity index is 1.60. The molecule has 8 nitrogen and oxygen atoms in total. The minimum atomic E-state index is -1.28. The number of aliphatic carboxylic acids is 1. The highest BCUT2D eigenvalue weighted by Crippen LogP contribution is 2.54. The van der Waals surface area contributed by atoms with Crippen LogP contribution in [-0.2, 0) is 21.0 Å². The van der Waals surface area contributed by atoms with Crippen LogP contribution in [0.15, 0.2) is 52.3 Å². The number of benzene rings is 2. The molecular formula is C24H19ClN2O6S2. The molecule has 0 aliphatic carbocycles. The van der Waals surface area contributed by atoms with Crippen molar-refractivity contribution < 1.29 is 24.2 Å². The predicted molar refractivity (Wildman–Crippen MR) is 131 cm³/mol. The van der Waals surface area contributed by atoms with Crippen LogP contribution in [0.5, 0.6) is 5.75 Å². The van der Waals surface area contributed by atoms with E-state index in [1.54, 1.807) is 18.2 Å². The van der Waals surface area contributed by atoms with E-state index in [4.69, 9.17) is 16.3 Å². The van der Waals surface area contributed by atoms with Gasteiger partial charge in [-0.3, -0.25) is 24.1 Å². The highest BCUT2D eigenvalue weighted by Gasteiger charge is 2.56. The first-order chi connectivity index (χ1) is 16.7. The summed E-state index contributed by atoms with van der Waals surface area (Å²) in [5, 5.41) is 9.27. The van der Waals surface area contributed by atoms with Crippen LogP contribution in [0, 0.1) is 12.8 Å². The quantitative estimate of drug-likeness (QED) is 0.467. The van der Waals surface area contributed by atoms with Crippen LogP contribution in [0.2, 0.25) is 5.02 Å². The molecule has 0 unspecified atom stereocenters. The van der Waals surface area contributed by atoms with Gasteiger partial charge in [0.15, 0.2) is 0 Å².